The summed E-state index contributed by atoms with van der Waals surface area (Å²) in [5.41, 5.74) is -1.73. The molecule has 1 atom stereocenters. The second-order valence-corrected chi connectivity index (χ2v) is 8.52. The molecule has 0 bridgehead atoms. The molecule has 8 nitrogen and oxygen atoms in total. The first-order valence-corrected chi connectivity index (χ1v) is 8.63. The number of sulfone groups is 1. The summed E-state index contributed by atoms with van der Waals surface area (Å²) < 4.78 is 46.3. The predicted molar refractivity (Wildman–Crippen MR) is 64.4 cm³/mol. The molecule has 0 fully saturated rings. The van der Waals surface area contributed by atoms with Gasteiger partial charge < -0.3 is 10.2 Å². The lowest BCUT2D eigenvalue weighted by Gasteiger charge is -2.21. The Morgan fingerprint density at radius 3 is 2.11 bits per heavy atom. The number of hydrogen-bond acceptors (Lipinski definition) is 6. The molecule has 10 heteroatoms. The van der Waals surface area contributed by atoms with Crippen LogP contribution in [0, 0.1) is 0 Å². The Bertz CT molecular complexity index is 492. The normalized spacial score (nSPS) is 16.2. The first kappa shape index (κ1) is 17.3. The summed E-state index contributed by atoms with van der Waals surface area (Å²) in [6, 6.07) is 0. The predicted octanol–water partition coefficient (Wildman–Crippen LogP) is -1.82. The quantitative estimate of drug-likeness (QED) is 0.479. The number of carbonyl (C=O) groups is 1. The molecule has 0 aromatic carbocycles. The van der Waals surface area contributed by atoms with Crippen molar-refractivity contribution in [3.05, 3.63) is 0 Å². The van der Waals surface area contributed by atoms with Gasteiger partial charge in [0.2, 0.25) is 10.0 Å². The molecule has 0 saturated heterocycles. The molecule has 0 aliphatic carbocycles. The highest BCUT2D eigenvalue weighted by atomic mass is 32.2. The Morgan fingerprint density at radius 1 is 1.22 bits per heavy atom. The summed E-state index contributed by atoms with van der Waals surface area (Å²) in [6.45, 7) is 0.672. The highest BCUT2D eigenvalue weighted by molar-refractivity contribution is 7.93. The fraction of sp³-hybridized carbons (Fsp3) is 0.875. The number of nitrogens with one attached hydrogen (secondary N) is 1. The van der Waals surface area contributed by atoms with Crippen LogP contribution in [0.2, 0.25) is 0 Å². The molecule has 0 amide bonds. The van der Waals surface area contributed by atoms with Crippen LogP contribution in [0.3, 0.4) is 0 Å². The summed E-state index contributed by atoms with van der Waals surface area (Å²) in [5.74, 6) is -2.44. The molecule has 0 aromatic heterocycles. The van der Waals surface area contributed by atoms with E-state index in [9.17, 15) is 26.7 Å². The molecule has 0 saturated carbocycles. The first-order chi connectivity index (χ1) is 7.83. The molecule has 108 valence electrons. The number of aliphatic hydroxyl groups is 1. The lowest BCUT2D eigenvalue weighted by atomic mass is 10.0. The first-order valence-electron chi connectivity index (χ1n) is 4.92. The number of sulfonamides is 1. The maximum Gasteiger partial charge on any atom is 0.306 e. The fourth-order valence-electron chi connectivity index (χ4n) is 0.987. The number of carboxylic acids is 1. The third-order valence-corrected chi connectivity index (χ3v) is 4.46. The van der Waals surface area contributed by atoms with Gasteiger partial charge in [0.1, 0.15) is 9.84 Å². The fourth-order valence-corrected chi connectivity index (χ4v) is 3.75. The van der Waals surface area contributed by atoms with Crippen LogP contribution in [0.1, 0.15) is 13.3 Å². The van der Waals surface area contributed by atoms with Gasteiger partial charge in [-0.1, -0.05) is 0 Å². The average molecular weight is 303 g/mol. The Balaban J connectivity index is 4.40. The summed E-state index contributed by atoms with van der Waals surface area (Å²) >= 11 is 0. The Kier molecular flexibility index (Phi) is 5.72. The van der Waals surface area contributed by atoms with Gasteiger partial charge in [-0.15, -0.1) is 0 Å². The molecule has 0 radical (unpaired) electrons. The van der Waals surface area contributed by atoms with E-state index in [1.165, 1.54) is 6.92 Å². The summed E-state index contributed by atoms with van der Waals surface area (Å²) in [5, 5.41) is 18.0. The smallest absolute Gasteiger partial charge is 0.306 e. The van der Waals surface area contributed by atoms with Crippen molar-refractivity contribution in [2.45, 2.75) is 18.9 Å². The van der Waals surface area contributed by atoms with Gasteiger partial charge in [0.15, 0.2) is 0 Å². The van der Waals surface area contributed by atoms with Gasteiger partial charge in [-0.2, -0.15) is 0 Å². The zero-order valence-corrected chi connectivity index (χ0v) is 11.7. The minimum absolute atomic E-state index is 0.495. The maximum absolute atomic E-state index is 11.4. The lowest BCUT2D eigenvalue weighted by molar-refractivity contribution is -0.141. The molecule has 0 rings (SSSR count). The van der Waals surface area contributed by atoms with Crippen molar-refractivity contribution in [2.24, 2.45) is 0 Å². The third kappa shape index (κ3) is 9.33. The van der Waals surface area contributed by atoms with Crippen LogP contribution < -0.4 is 4.72 Å². The van der Waals surface area contributed by atoms with Crippen LogP contribution in [0.5, 0.6) is 0 Å². The SMILES string of the molecule is CC(O)(CNS(=O)(=O)CCS(C)(=O)=O)CC(=O)O. The Labute approximate surface area is 106 Å². The number of rotatable bonds is 8. The van der Waals surface area contributed by atoms with Gasteiger partial charge in [0.05, 0.1) is 23.5 Å². The van der Waals surface area contributed by atoms with Gasteiger partial charge in [-0.25, -0.2) is 21.6 Å². The van der Waals surface area contributed by atoms with Crippen molar-refractivity contribution >= 4 is 25.8 Å². The average Bonchev–Trinajstić information content (AvgIpc) is 2.09. The minimum atomic E-state index is -3.87. The lowest BCUT2D eigenvalue weighted by Crippen LogP contribution is -2.43. The molecule has 0 aliphatic heterocycles. The van der Waals surface area contributed by atoms with Crippen LogP contribution in [0.4, 0.5) is 0 Å². The second-order valence-electron chi connectivity index (χ2n) is 4.34. The minimum Gasteiger partial charge on any atom is -0.481 e. The number of carboxylic acid groups (broad SMARTS) is 1. The van der Waals surface area contributed by atoms with E-state index in [1.807, 2.05) is 4.72 Å². The Hall–Kier alpha value is -0.710. The van der Waals surface area contributed by atoms with Crippen molar-refractivity contribution in [1.29, 1.82) is 0 Å². The van der Waals surface area contributed by atoms with Crippen LogP contribution in [0.15, 0.2) is 0 Å². The number of hydrogen-bond donors (Lipinski definition) is 3. The molecule has 0 heterocycles. The van der Waals surface area contributed by atoms with Gasteiger partial charge >= 0.3 is 5.97 Å². The highest BCUT2D eigenvalue weighted by Crippen LogP contribution is 2.08. The van der Waals surface area contributed by atoms with E-state index in [2.05, 4.69) is 0 Å². The maximum atomic E-state index is 11.4. The summed E-state index contributed by atoms with van der Waals surface area (Å²) in [4.78, 5) is 10.4. The van der Waals surface area contributed by atoms with Crippen molar-refractivity contribution in [1.82, 2.24) is 4.72 Å². The molecule has 0 spiro atoms. The molecular formula is C8H17NO7S2. The monoisotopic (exact) mass is 303 g/mol. The van der Waals surface area contributed by atoms with Crippen LogP contribution in [-0.4, -0.2) is 62.9 Å². The van der Waals surface area contributed by atoms with E-state index >= 15 is 0 Å². The zero-order valence-electron chi connectivity index (χ0n) is 10.1. The standard InChI is InChI=1S/C8H17NO7S2/c1-8(12,5-7(10)11)6-9-18(15,16)4-3-17(2,13)14/h9,12H,3-6H2,1-2H3,(H,10,11). The largest absolute Gasteiger partial charge is 0.481 e. The summed E-state index contributed by atoms with van der Waals surface area (Å²) in [6.07, 6.45) is 0.282. The molecule has 18 heavy (non-hydrogen) atoms. The van der Waals surface area contributed by atoms with Gasteiger partial charge in [-0.3, -0.25) is 4.79 Å². The second kappa shape index (κ2) is 5.95. The van der Waals surface area contributed by atoms with E-state index in [4.69, 9.17) is 5.11 Å². The number of aliphatic carboxylic acids is 1. The molecule has 1 unspecified atom stereocenters. The van der Waals surface area contributed by atoms with Gasteiger partial charge in [0.25, 0.3) is 0 Å². The summed E-state index contributed by atoms with van der Waals surface area (Å²) in [7, 11) is -7.27. The van der Waals surface area contributed by atoms with Crippen molar-refractivity contribution in [3.63, 3.8) is 0 Å². The van der Waals surface area contributed by atoms with E-state index in [1.54, 1.807) is 0 Å². The van der Waals surface area contributed by atoms with Crippen LogP contribution in [0.25, 0.3) is 0 Å². The van der Waals surface area contributed by atoms with Gasteiger partial charge in [-0.05, 0) is 6.92 Å². The molecule has 0 aromatic rings. The van der Waals surface area contributed by atoms with Crippen molar-refractivity contribution in [2.75, 3.05) is 24.3 Å². The van der Waals surface area contributed by atoms with Gasteiger partial charge in [0, 0.05) is 12.8 Å². The molecule has 3 N–H and O–H groups in total. The van der Waals surface area contributed by atoms with Crippen LogP contribution >= 0.6 is 0 Å². The van der Waals surface area contributed by atoms with E-state index in [0.29, 0.717) is 0 Å². The van der Waals surface area contributed by atoms with Crippen LogP contribution in [-0.2, 0) is 24.7 Å². The zero-order chi connectivity index (χ0) is 14.6. The van der Waals surface area contributed by atoms with E-state index in [0.717, 1.165) is 6.26 Å². The van der Waals surface area contributed by atoms with Crippen molar-refractivity contribution < 1.29 is 31.8 Å². The Morgan fingerprint density at radius 2 is 1.72 bits per heavy atom. The topological polar surface area (TPSA) is 138 Å². The highest BCUT2D eigenvalue weighted by Gasteiger charge is 2.26. The molecule has 0 aliphatic rings. The van der Waals surface area contributed by atoms with E-state index in [-0.39, 0.29) is 0 Å². The van der Waals surface area contributed by atoms with Crippen molar-refractivity contribution in [3.8, 4) is 0 Å². The molecular weight excluding hydrogens is 286 g/mol. The third-order valence-electron chi connectivity index (χ3n) is 1.93. The van der Waals surface area contributed by atoms with E-state index < -0.39 is 55.9 Å².